The van der Waals surface area contributed by atoms with Crippen molar-refractivity contribution in [3.63, 3.8) is 0 Å². The normalized spacial score (nSPS) is 14.9. The summed E-state index contributed by atoms with van der Waals surface area (Å²) in [5.74, 6) is -0.945. The van der Waals surface area contributed by atoms with Crippen LogP contribution in [0.1, 0.15) is 12.8 Å². The molecule has 0 spiro atoms. The van der Waals surface area contributed by atoms with Crippen LogP contribution in [0.15, 0.2) is 30.7 Å². The lowest BCUT2D eigenvalue weighted by Gasteiger charge is -2.16. The first-order valence-corrected chi connectivity index (χ1v) is 7.13. The molecule has 112 valence electrons. The SMILES string of the molecule is Fc1ccc(-n2ncc3c(N4CCCC4)ncnc32)cc1F. The molecule has 0 amide bonds. The number of hydrogen-bond acceptors (Lipinski definition) is 4. The van der Waals surface area contributed by atoms with Gasteiger partial charge in [-0.05, 0) is 25.0 Å². The van der Waals surface area contributed by atoms with Crippen LogP contribution in [0.25, 0.3) is 16.7 Å². The second kappa shape index (κ2) is 5.01. The average molecular weight is 301 g/mol. The molecule has 0 saturated carbocycles. The summed E-state index contributed by atoms with van der Waals surface area (Å²) in [6, 6.07) is 3.67. The second-order valence-corrected chi connectivity index (χ2v) is 5.28. The third-order valence-electron chi connectivity index (χ3n) is 3.90. The maximum absolute atomic E-state index is 13.4. The van der Waals surface area contributed by atoms with E-state index >= 15 is 0 Å². The summed E-state index contributed by atoms with van der Waals surface area (Å²) in [4.78, 5) is 10.8. The highest BCUT2D eigenvalue weighted by Crippen LogP contribution is 2.27. The van der Waals surface area contributed by atoms with Crippen molar-refractivity contribution in [1.82, 2.24) is 19.7 Å². The molecule has 1 aliphatic rings. The minimum Gasteiger partial charge on any atom is -0.356 e. The second-order valence-electron chi connectivity index (χ2n) is 5.28. The minimum atomic E-state index is -0.907. The number of rotatable bonds is 2. The fraction of sp³-hybridized carbons (Fsp3) is 0.267. The molecule has 3 aromatic rings. The van der Waals surface area contributed by atoms with Crippen molar-refractivity contribution in [1.29, 1.82) is 0 Å². The molecule has 0 unspecified atom stereocenters. The molecule has 5 nitrogen and oxygen atoms in total. The van der Waals surface area contributed by atoms with Crippen molar-refractivity contribution in [2.75, 3.05) is 18.0 Å². The van der Waals surface area contributed by atoms with Crippen molar-refractivity contribution < 1.29 is 8.78 Å². The largest absolute Gasteiger partial charge is 0.356 e. The standard InChI is InChI=1S/C15H13F2N5/c16-12-4-3-10(7-13(12)17)22-15-11(8-20-22)14(18-9-19-15)21-5-1-2-6-21/h3-4,7-9H,1-2,5-6H2. The van der Waals surface area contributed by atoms with Gasteiger partial charge in [0.25, 0.3) is 0 Å². The van der Waals surface area contributed by atoms with Crippen LogP contribution in [0, 0.1) is 11.6 Å². The number of benzene rings is 1. The van der Waals surface area contributed by atoms with E-state index in [2.05, 4.69) is 20.0 Å². The van der Waals surface area contributed by atoms with Gasteiger partial charge in [0.15, 0.2) is 17.3 Å². The Morgan fingerprint density at radius 3 is 2.59 bits per heavy atom. The van der Waals surface area contributed by atoms with E-state index in [4.69, 9.17) is 0 Å². The van der Waals surface area contributed by atoms with Gasteiger partial charge in [-0.2, -0.15) is 5.10 Å². The van der Waals surface area contributed by atoms with Crippen LogP contribution in [-0.4, -0.2) is 32.8 Å². The lowest BCUT2D eigenvalue weighted by atomic mass is 10.3. The van der Waals surface area contributed by atoms with Gasteiger partial charge in [0.2, 0.25) is 0 Å². The minimum absolute atomic E-state index is 0.431. The summed E-state index contributed by atoms with van der Waals surface area (Å²) in [5.41, 5.74) is 1.02. The van der Waals surface area contributed by atoms with E-state index in [9.17, 15) is 8.78 Å². The molecule has 7 heteroatoms. The molecule has 0 radical (unpaired) electrons. The van der Waals surface area contributed by atoms with Gasteiger partial charge >= 0.3 is 0 Å². The molecule has 0 aliphatic carbocycles. The van der Waals surface area contributed by atoms with Crippen LogP contribution in [-0.2, 0) is 0 Å². The lowest BCUT2D eigenvalue weighted by molar-refractivity contribution is 0.507. The van der Waals surface area contributed by atoms with Crippen LogP contribution < -0.4 is 4.90 Å². The summed E-state index contributed by atoms with van der Waals surface area (Å²) in [6.45, 7) is 1.92. The molecule has 1 aromatic carbocycles. The van der Waals surface area contributed by atoms with Crippen molar-refractivity contribution in [2.24, 2.45) is 0 Å². The topological polar surface area (TPSA) is 46.8 Å². The zero-order chi connectivity index (χ0) is 15.1. The first-order valence-electron chi connectivity index (χ1n) is 7.13. The molecule has 1 aliphatic heterocycles. The fourth-order valence-electron chi connectivity index (χ4n) is 2.82. The molecule has 2 aromatic heterocycles. The number of nitrogens with zero attached hydrogens (tertiary/aromatic N) is 5. The molecule has 0 N–H and O–H groups in total. The Labute approximate surface area is 125 Å². The molecule has 4 rings (SSSR count). The summed E-state index contributed by atoms with van der Waals surface area (Å²) < 4.78 is 28.0. The van der Waals surface area contributed by atoms with Crippen molar-refractivity contribution in [3.05, 3.63) is 42.4 Å². The summed E-state index contributed by atoms with van der Waals surface area (Å²) in [5, 5.41) is 5.08. The number of anilines is 1. The van der Waals surface area contributed by atoms with E-state index in [1.807, 2.05) is 0 Å². The van der Waals surface area contributed by atoms with Crippen LogP contribution in [0.5, 0.6) is 0 Å². The van der Waals surface area contributed by atoms with Crippen molar-refractivity contribution in [2.45, 2.75) is 12.8 Å². The maximum Gasteiger partial charge on any atom is 0.168 e. The number of hydrogen-bond donors (Lipinski definition) is 0. The Morgan fingerprint density at radius 1 is 1.00 bits per heavy atom. The summed E-state index contributed by atoms with van der Waals surface area (Å²) >= 11 is 0. The Bertz CT molecular complexity index is 839. The summed E-state index contributed by atoms with van der Waals surface area (Å²) in [7, 11) is 0. The highest BCUT2D eigenvalue weighted by Gasteiger charge is 2.19. The van der Waals surface area contributed by atoms with Gasteiger partial charge < -0.3 is 4.90 Å². The van der Waals surface area contributed by atoms with Gasteiger partial charge in [-0.1, -0.05) is 0 Å². The molecule has 0 bridgehead atoms. The van der Waals surface area contributed by atoms with Gasteiger partial charge in [-0.25, -0.2) is 23.4 Å². The monoisotopic (exact) mass is 301 g/mol. The van der Waals surface area contributed by atoms with Crippen molar-refractivity contribution >= 4 is 16.9 Å². The van der Waals surface area contributed by atoms with Crippen LogP contribution in [0.4, 0.5) is 14.6 Å². The molecule has 1 fully saturated rings. The van der Waals surface area contributed by atoms with Gasteiger partial charge in [0.1, 0.15) is 12.1 Å². The van der Waals surface area contributed by atoms with E-state index in [0.29, 0.717) is 11.3 Å². The van der Waals surface area contributed by atoms with Gasteiger partial charge in [0, 0.05) is 19.2 Å². The van der Waals surface area contributed by atoms with Gasteiger partial charge in [-0.3, -0.25) is 0 Å². The number of fused-ring (bicyclic) bond motifs is 1. The van der Waals surface area contributed by atoms with Crippen LogP contribution in [0.3, 0.4) is 0 Å². The van der Waals surface area contributed by atoms with Gasteiger partial charge in [-0.15, -0.1) is 0 Å². The molecule has 22 heavy (non-hydrogen) atoms. The highest BCUT2D eigenvalue weighted by molar-refractivity contribution is 5.87. The fourth-order valence-corrected chi connectivity index (χ4v) is 2.82. The highest BCUT2D eigenvalue weighted by atomic mass is 19.2. The predicted octanol–water partition coefficient (Wildman–Crippen LogP) is 2.69. The Hall–Kier alpha value is -2.57. The lowest BCUT2D eigenvalue weighted by Crippen LogP contribution is -2.19. The molecule has 3 heterocycles. The Balaban J connectivity index is 1.86. The molecule has 0 atom stereocenters. The van der Waals surface area contributed by atoms with Crippen molar-refractivity contribution in [3.8, 4) is 5.69 Å². The van der Waals surface area contributed by atoms with E-state index < -0.39 is 11.6 Å². The molecule has 1 saturated heterocycles. The average Bonchev–Trinajstić information content (AvgIpc) is 3.18. The van der Waals surface area contributed by atoms with Gasteiger partial charge in [0.05, 0.1) is 17.3 Å². The number of halogens is 2. The summed E-state index contributed by atoms with van der Waals surface area (Å²) in [6.07, 6.45) is 5.43. The van der Waals surface area contributed by atoms with E-state index in [-0.39, 0.29) is 0 Å². The third kappa shape index (κ3) is 2.01. The Morgan fingerprint density at radius 2 is 1.82 bits per heavy atom. The first kappa shape index (κ1) is 13.1. The zero-order valence-corrected chi connectivity index (χ0v) is 11.7. The first-order chi connectivity index (χ1) is 10.7. The zero-order valence-electron chi connectivity index (χ0n) is 11.7. The smallest absolute Gasteiger partial charge is 0.168 e. The van der Waals surface area contributed by atoms with E-state index in [1.54, 1.807) is 6.20 Å². The third-order valence-corrected chi connectivity index (χ3v) is 3.90. The predicted molar refractivity (Wildman–Crippen MR) is 78.0 cm³/mol. The van der Waals surface area contributed by atoms with E-state index in [1.165, 1.54) is 17.1 Å². The number of aromatic nitrogens is 4. The van der Waals surface area contributed by atoms with Crippen LogP contribution in [0.2, 0.25) is 0 Å². The molecular weight excluding hydrogens is 288 g/mol. The molecular formula is C15H13F2N5. The van der Waals surface area contributed by atoms with E-state index in [0.717, 1.165) is 49.3 Å². The Kier molecular flexibility index (Phi) is 2.99. The quantitative estimate of drug-likeness (QED) is 0.730. The van der Waals surface area contributed by atoms with Crippen LogP contribution >= 0.6 is 0 Å². The maximum atomic E-state index is 13.4.